The lowest BCUT2D eigenvalue weighted by Crippen LogP contribution is -1.87. The van der Waals surface area contributed by atoms with E-state index in [1.54, 1.807) is 0 Å². The third-order valence-corrected chi connectivity index (χ3v) is 5.76. The van der Waals surface area contributed by atoms with Crippen LogP contribution >= 0.6 is 55.6 Å². The molecule has 11 heavy (non-hydrogen) atoms. The molecule has 0 amide bonds. The summed E-state index contributed by atoms with van der Waals surface area (Å²) in [5, 5.41) is 0.357. The molecule has 0 N–H and O–H groups in total. The third-order valence-electron chi connectivity index (χ3n) is 0.862. The molecule has 0 aliphatic carbocycles. The van der Waals surface area contributed by atoms with Gasteiger partial charge in [-0.05, 0) is 10.3 Å². The molecule has 1 aromatic heterocycles. The quantitative estimate of drug-likeness (QED) is 0.463. The van der Waals surface area contributed by atoms with Gasteiger partial charge in [-0.15, -0.1) is 23.4 Å². The molecule has 1 aromatic rings. The number of alkyl halides is 1. The number of hydrogen-bond donors (Lipinski definition) is 0. The van der Waals surface area contributed by atoms with Crippen LogP contribution in [0.25, 0.3) is 0 Å². The van der Waals surface area contributed by atoms with E-state index in [4.69, 9.17) is 23.2 Å². The maximum Gasteiger partial charge on any atom is 0.262 e. The highest BCUT2D eigenvalue weighted by molar-refractivity contribution is 8.02. The summed E-state index contributed by atoms with van der Waals surface area (Å²) in [5.74, 6) is 1.38. The minimum Gasteiger partial charge on any atom is -0.275 e. The first-order valence-corrected chi connectivity index (χ1v) is 6.78. The summed E-state index contributed by atoms with van der Waals surface area (Å²) in [5.41, 5.74) is 0. The Kier molecular flexibility index (Phi) is 4.23. The van der Waals surface area contributed by atoms with Crippen molar-refractivity contribution in [2.45, 2.75) is 4.21 Å². The second kappa shape index (κ2) is 4.72. The lowest BCUT2D eigenvalue weighted by atomic mass is 10.8. The Hall–Kier alpha value is 0.780. The summed E-state index contributed by atoms with van der Waals surface area (Å²) in [6.07, 6.45) is 0. The van der Waals surface area contributed by atoms with Crippen molar-refractivity contribution >= 4 is 55.6 Å². The van der Waals surface area contributed by atoms with Gasteiger partial charge in [-0.1, -0.05) is 21.9 Å². The second-order valence-corrected chi connectivity index (χ2v) is 5.82. The molecule has 62 valence electrons. The lowest BCUT2D eigenvalue weighted by molar-refractivity contribution is 1.52. The molecule has 0 unspecified atom stereocenters. The minimum atomic E-state index is -0.0475. The van der Waals surface area contributed by atoms with E-state index < -0.39 is 0 Å². The Morgan fingerprint density at radius 2 is 2.18 bits per heavy atom. The summed E-state index contributed by atoms with van der Waals surface area (Å²) in [6.45, 7) is 0. The van der Waals surface area contributed by atoms with E-state index in [9.17, 15) is 4.79 Å². The SMILES string of the molecule is O=c1ssc(SCCCl)c1Cl. The fourth-order valence-corrected chi connectivity index (χ4v) is 4.59. The fourth-order valence-electron chi connectivity index (χ4n) is 0.451. The van der Waals surface area contributed by atoms with Crippen molar-refractivity contribution in [1.82, 2.24) is 0 Å². The van der Waals surface area contributed by atoms with Crippen LogP contribution in [0.5, 0.6) is 0 Å². The van der Waals surface area contributed by atoms with Gasteiger partial charge in [-0.25, -0.2) is 0 Å². The van der Waals surface area contributed by atoms with E-state index >= 15 is 0 Å². The smallest absolute Gasteiger partial charge is 0.262 e. The Bertz CT molecular complexity index is 280. The lowest BCUT2D eigenvalue weighted by Gasteiger charge is -1.91. The molecular formula is C5H4Cl2OS3. The topological polar surface area (TPSA) is 17.1 Å². The molecule has 0 aliphatic rings. The van der Waals surface area contributed by atoms with Crippen LogP contribution in [0, 0.1) is 0 Å². The summed E-state index contributed by atoms with van der Waals surface area (Å²) in [4.78, 5) is 10.9. The van der Waals surface area contributed by atoms with Gasteiger partial charge in [0.1, 0.15) is 5.02 Å². The predicted octanol–water partition coefficient (Wildman–Crippen LogP) is 3.15. The molecule has 0 atom stereocenters. The Morgan fingerprint density at radius 3 is 2.64 bits per heavy atom. The molecular weight excluding hydrogens is 243 g/mol. The standard InChI is InChI=1S/C5H4Cl2OS3/c6-1-2-9-5-3(7)4(8)10-11-5/h1-2H2. The number of rotatable bonds is 3. The predicted molar refractivity (Wildman–Crippen MR) is 54.9 cm³/mol. The van der Waals surface area contributed by atoms with E-state index in [0.29, 0.717) is 10.9 Å². The van der Waals surface area contributed by atoms with Gasteiger partial charge >= 0.3 is 0 Å². The Morgan fingerprint density at radius 1 is 1.45 bits per heavy atom. The number of hydrogen-bond acceptors (Lipinski definition) is 4. The fraction of sp³-hybridized carbons (Fsp3) is 0.400. The highest BCUT2D eigenvalue weighted by Gasteiger charge is 2.07. The van der Waals surface area contributed by atoms with Crippen LogP contribution in [0.2, 0.25) is 5.02 Å². The van der Waals surface area contributed by atoms with Gasteiger partial charge in [0.25, 0.3) is 4.74 Å². The van der Waals surface area contributed by atoms with Crippen molar-refractivity contribution in [1.29, 1.82) is 0 Å². The zero-order chi connectivity index (χ0) is 8.27. The van der Waals surface area contributed by atoms with Crippen molar-refractivity contribution in [2.75, 3.05) is 11.6 Å². The van der Waals surface area contributed by atoms with Crippen molar-refractivity contribution in [3.63, 3.8) is 0 Å². The highest BCUT2D eigenvalue weighted by Crippen LogP contribution is 2.31. The molecule has 0 aliphatic heterocycles. The summed E-state index contributed by atoms with van der Waals surface area (Å²) in [7, 11) is 2.59. The van der Waals surface area contributed by atoms with Crippen LogP contribution in [0.15, 0.2) is 9.00 Å². The van der Waals surface area contributed by atoms with E-state index in [1.807, 2.05) is 0 Å². The first-order valence-electron chi connectivity index (χ1n) is 2.73. The Balaban J connectivity index is 2.71. The van der Waals surface area contributed by atoms with Crippen molar-refractivity contribution in [3.05, 3.63) is 14.6 Å². The van der Waals surface area contributed by atoms with Crippen LogP contribution in [0.3, 0.4) is 0 Å². The van der Waals surface area contributed by atoms with Gasteiger partial charge in [0.2, 0.25) is 0 Å². The molecule has 0 saturated heterocycles. The molecule has 0 aromatic carbocycles. The maximum atomic E-state index is 10.9. The molecule has 1 rings (SSSR count). The highest BCUT2D eigenvalue weighted by atomic mass is 35.5. The Labute approximate surface area is 85.7 Å². The van der Waals surface area contributed by atoms with Crippen molar-refractivity contribution in [3.8, 4) is 0 Å². The van der Waals surface area contributed by atoms with Crippen LogP contribution in [-0.2, 0) is 0 Å². The normalized spacial score (nSPS) is 10.4. The van der Waals surface area contributed by atoms with E-state index in [2.05, 4.69) is 0 Å². The second-order valence-electron chi connectivity index (χ2n) is 1.59. The van der Waals surface area contributed by atoms with Crippen LogP contribution in [-0.4, -0.2) is 11.6 Å². The summed E-state index contributed by atoms with van der Waals surface area (Å²) < 4.78 is 0.844. The molecule has 1 nitrogen and oxygen atoms in total. The van der Waals surface area contributed by atoms with Gasteiger partial charge in [-0.2, -0.15) is 0 Å². The van der Waals surface area contributed by atoms with Crippen molar-refractivity contribution < 1.29 is 0 Å². The molecule has 6 heteroatoms. The van der Waals surface area contributed by atoms with E-state index in [0.717, 1.165) is 9.96 Å². The number of thioether (sulfide) groups is 1. The molecule has 0 saturated carbocycles. The monoisotopic (exact) mass is 246 g/mol. The zero-order valence-electron chi connectivity index (χ0n) is 5.30. The molecule has 1 heterocycles. The average molecular weight is 247 g/mol. The van der Waals surface area contributed by atoms with Gasteiger partial charge in [0.15, 0.2) is 0 Å². The van der Waals surface area contributed by atoms with Crippen LogP contribution in [0.1, 0.15) is 0 Å². The third kappa shape index (κ3) is 2.63. The van der Waals surface area contributed by atoms with Crippen LogP contribution < -0.4 is 4.74 Å². The van der Waals surface area contributed by atoms with Crippen molar-refractivity contribution in [2.24, 2.45) is 0 Å². The molecule has 0 bridgehead atoms. The van der Waals surface area contributed by atoms with E-state index in [1.165, 1.54) is 32.4 Å². The van der Waals surface area contributed by atoms with Gasteiger partial charge < -0.3 is 0 Å². The largest absolute Gasteiger partial charge is 0.275 e. The van der Waals surface area contributed by atoms with Crippen LogP contribution in [0.4, 0.5) is 0 Å². The first-order chi connectivity index (χ1) is 5.25. The maximum absolute atomic E-state index is 10.9. The van der Waals surface area contributed by atoms with Gasteiger partial charge in [-0.3, -0.25) is 4.79 Å². The molecule has 0 radical (unpaired) electrons. The number of halogens is 2. The van der Waals surface area contributed by atoms with E-state index in [-0.39, 0.29) is 4.74 Å². The molecule has 0 spiro atoms. The molecule has 0 fully saturated rings. The summed E-state index contributed by atoms with van der Waals surface area (Å²) in [6, 6.07) is 0. The zero-order valence-corrected chi connectivity index (χ0v) is 9.26. The van der Waals surface area contributed by atoms with Gasteiger partial charge in [0.05, 0.1) is 4.21 Å². The first kappa shape index (κ1) is 9.86. The summed E-state index contributed by atoms with van der Waals surface area (Å²) >= 11 is 12.7. The van der Waals surface area contributed by atoms with Gasteiger partial charge in [0, 0.05) is 11.6 Å². The average Bonchev–Trinajstić information content (AvgIpc) is 2.31. The minimum absolute atomic E-state index is 0.0475.